The summed E-state index contributed by atoms with van der Waals surface area (Å²) in [5.41, 5.74) is 2.18. The Kier molecular flexibility index (Phi) is 5.00. The van der Waals surface area contributed by atoms with Gasteiger partial charge in [0.25, 0.3) is 0 Å². The van der Waals surface area contributed by atoms with Crippen molar-refractivity contribution in [2.24, 2.45) is 0 Å². The van der Waals surface area contributed by atoms with Gasteiger partial charge in [-0.05, 0) is 44.4 Å². The fraction of sp³-hybridized carbons (Fsp3) is 0.478. The molecule has 0 amide bonds. The Morgan fingerprint density at radius 2 is 1.54 bits per heavy atom. The van der Waals surface area contributed by atoms with Gasteiger partial charge in [0.2, 0.25) is 0 Å². The zero-order chi connectivity index (χ0) is 19.8. The summed E-state index contributed by atoms with van der Waals surface area (Å²) in [5.74, 6) is 2.54. The van der Waals surface area contributed by atoms with E-state index < -0.39 is 0 Å². The van der Waals surface area contributed by atoms with Crippen LogP contribution in [0.15, 0.2) is 40.9 Å². The van der Waals surface area contributed by atoms with E-state index >= 15 is 0 Å². The highest BCUT2D eigenvalue weighted by atomic mass is 16.5. The van der Waals surface area contributed by atoms with Gasteiger partial charge in [0.05, 0.1) is 13.2 Å². The van der Waals surface area contributed by atoms with Crippen LogP contribution in [-0.4, -0.2) is 24.8 Å². The van der Waals surface area contributed by atoms with Crippen molar-refractivity contribution >= 4 is 11.6 Å². The molecule has 0 aromatic heterocycles. The van der Waals surface area contributed by atoms with Gasteiger partial charge in [0.1, 0.15) is 11.5 Å². The molecule has 5 nitrogen and oxygen atoms in total. The lowest BCUT2D eigenvalue weighted by Gasteiger charge is -2.36. The molecule has 28 heavy (non-hydrogen) atoms. The molecule has 0 unspecified atom stereocenters. The van der Waals surface area contributed by atoms with Crippen LogP contribution >= 0.6 is 0 Å². The normalized spacial score (nSPS) is 20.1. The number of benzene rings is 1. The van der Waals surface area contributed by atoms with Gasteiger partial charge in [-0.25, -0.2) is 0 Å². The zero-order valence-corrected chi connectivity index (χ0v) is 16.7. The van der Waals surface area contributed by atoms with Crippen molar-refractivity contribution in [2.75, 3.05) is 7.11 Å². The van der Waals surface area contributed by atoms with Gasteiger partial charge >= 0.3 is 0 Å². The lowest BCUT2D eigenvalue weighted by Crippen LogP contribution is -2.30. The Labute approximate surface area is 165 Å². The summed E-state index contributed by atoms with van der Waals surface area (Å²) < 4.78 is 17.5. The van der Waals surface area contributed by atoms with E-state index in [1.165, 1.54) is 0 Å². The van der Waals surface area contributed by atoms with Crippen LogP contribution in [0.4, 0.5) is 0 Å². The third-order valence-corrected chi connectivity index (χ3v) is 5.52. The Morgan fingerprint density at radius 3 is 2.07 bits per heavy atom. The quantitative estimate of drug-likeness (QED) is 0.761. The van der Waals surface area contributed by atoms with Crippen LogP contribution in [0.25, 0.3) is 0 Å². The number of carbonyl (C=O) groups is 2. The van der Waals surface area contributed by atoms with Crippen LogP contribution in [0.5, 0.6) is 11.5 Å². The number of methoxy groups -OCH3 is 1. The standard InChI is InChI=1S/C23H26O5/c1-13(2)27-17-11-10-14(12-20(17)26-3)21-22-15(24)6-4-8-18(22)28-19-9-5-7-16(25)23(19)21/h10-13,21H,4-9H2,1-3H3. The smallest absolute Gasteiger partial charge is 0.163 e. The number of rotatable bonds is 4. The van der Waals surface area contributed by atoms with Gasteiger partial charge in [0.15, 0.2) is 23.1 Å². The maximum atomic E-state index is 12.8. The minimum atomic E-state index is -0.374. The molecule has 0 atom stereocenters. The largest absolute Gasteiger partial charge is 0.493 e. The first-order valence-corrected chi connectivity index (χ1v) is 10.0. The summed E-state index contributed by atoms with van der Waals surface area (Å²) >= 11 is 0. The molecule has 0 N–H and O–H groups in total. The molecule has 5 heteroatoms. The van der Waals surface area contributed by atoms with E-state index in [-0.39, 0.29) is 23.6 Å². The van der Waals surface area contributed by atoms with E-state index in [0.717, 1.165) is 42.8 Å². The van der Waals surface area contributed by atoms with E-state index in [4.69, 9.17) is 14.2 Å². The molecule has 0 bridgehead atoms. The van der Waals surface area contributed by atoms with Crippen molar-refractivity contribution in [2.45, 2.75) is 64.4 Å². The molecule has 0 fully saturated rings. The van der Waals surface area contributed by atoms with E-state index in [9.17, 15) is 9.59 Å². The van der Waals surface area contributed by atoms with E-state index in [2.05, 4.69) is 0 Å². The van der Waals surface area contributed by atoms with E-state index in [1.54, 1.807) is 7.11 Å². The number of hydrogen-bond acceptors (Lipinski definition) is 5. The van der Waals surface area contributed by atoms with Gasteiger partial charge in [0, 0.05) is 42.7 Å². The second kappa shape index (κ2) is 7.46. The Hall–Kier alpha value is -2.56. The predicted molar refractivity (Wildman–Crippen MR) is 104 cm³/mol. The average molecular weight is 382 g/mol. The number of ketones is 2. The van der Waals surface area contributed by atoms with Crippen LogP contribution in [0, 0.1) is 0 Å². The maximum absolute atomic E-state index is 12.8. The molecule has 4 rings (SSSR count). The van der Waals surface area contributed by atoms with Crippen molar-refractivity contribution in [1.82, 2.24) is 0 Å². The molecule has 0 radical (unpaired) electrons. The molecule has 0 saturated carbocycles. The first kappa shape index (κ1) is 18.8. The minimum Gasteiger partial charge on any atom is -0.493 e. The Balaban J connectivity index is 1.85. The van der Waals surface area contributed by atoms with Crippen molar-refractivity contribution in [3.63, 3.8) is 0 Å². The fourth-order valence-corrected chi connectivity index (χ4v) is 4.37. The molecule has 1 aromatic rings. The van der Waals surface area contributed by atoms with Crippen molar-refractivity contribution in [3.05, 3.63) is 46.4 Å². The summed E-state index contributed by atoms with van der Waals surface area (Å²) in [6.07, 6.45) is 4.10. The minimum absolute atomic E-state index is 0.0197. The predicted octanol–water partition coefficient (Wildman–Crippen LogP) is 4.61. The number of carbonyl (C=O) groups excluding carboxylic acids is 2. The number of hydrogen-bond donors (Lipinski definition) is 0. The number of Topliss-reactive ketones (excluding diaryl/α,β-unsaturated/α-hetero) is 2. The van der Waals surface area contributed by atoms with Crippen molar-refractivity contribution in [1.29, 1.82) is 0 Å². The van der Waals surface area contributed by atoms with Crippen molar-refractivity contribution < 1.29 is 23.8 Å². The number of allylic oxidation sites excluding steroid dienone is 4. The first-order valence-electron chi connectivity index (χ1n) is 10.0. The molecule has 1 aliphatic heterocycles. The second-order valence-electron chi connectivity index (χ2n) is 7.84. The van der Waals surface area contributed by atoms with Crippen LogP contribution < -0.4 is 9.47 Å². The third kappa shape index (κ3) is 3.23. The maximum Gasteiger partial charge on any atom is 0.163 e. The molecule has 1 aromatic carbocycles. The summed E-state index contributed by atoms with van der Waals surface area (Å²) in [4.78, 5) is 25.7. The third-order valence-electron chi connectivity index (χ3n) is 5.52. The van der Waals surface area contributed by atoms with Crippen LogP contribution in [0.1, 0.15) is 63.9 Å². The average Bonchev–Trinajstić information content (AvgIpc) is 2.67. The van der Waals surface area contributed by atoms with Crippen molar-refractivity contribution in [3.8, 4) is 11.5 Å². The van der Waals surface area contributed by atoms with Gasteiger partial charge in [-0.3, -0.25) is 9.59 Å². The summed E-state index contributed by atoms with van der Waals surface area (Å²) in [6.45, 7) is 3.92. The molecule has 2 aliphatic carbocycles. The second-order valence-corrected chi connectivity index (χ2v) is 7.84. The highest BCUT2D eigenvalue weighted by molar-refractivity contribution is 6.05. The highest BCUT2D eigenvalue weighted by Crippen LogP contribution is 2.48. The molecular weight excluding hydrogens is 356 g/mol. The number of ether oxygens (including phenoxy) is 3. The van der Waals surface area contributed by atoms with Crippen LogP contribution in [0.3, 0.4) is 0 Å². The summed E-state index contributed by atoms with van der Waals surface area (Å²) in [7, 11) is 1.60. The van der Waals surface area contributed by atoms with Gasteiger partial charge in [-0.1, -0.05) is 6.07 Å². The monoisotopic (exact) mass is 382 g/mol. The molecule has 0 spiro atoms. The Bertz CT molecular complexity index is 848. The zero-order valence-electron chi connectivity index (χ0n) is 16.7. The van der Waals surface area contributed by atoms with E-state index in [1.807, 2.05) is 32.0 Å². The fourth-order valence-electron chi connectivity index (χ4n) is 4.37. The molecule has 1 heterocycles. The van der Waals surface area contributed by atoms with Crippen LogP contribution in [0.2, 0.25) is 0 Å². The van der Waals surface area contributed by atoms with Gasteiger partial charge < -0.3 is 14.2 Å². The summed E-state index contributed by atoms with van der Waals surface area (Å²) in [6, 6.07) is 5.70. The van der Waals surface area contributed by atoms with Gasteiger partial charge in [-0.2, -0.15) is 0 Å². The highest BCUT2D eigenvalue weighted by Gasteiger charge is 2.41. The summed E-state index contributed by atoms with van der Waals surface area (Å²) in [5, 5.41) is 0. The van der Waals surface area contributed by atoms with E-state index in [0.29, 0.717) is 35.5 Å². The lowest BCUT2D eigenvalue weighted by atomic mass is 9.73. The first-order chi connectivity index (χ1) is 13.5. The Morgan fingerprint density at radius 1 is 0.929 bits per heavy atom. The SMILES string of the molecule is COc1cc(C2C3=C(CCCC3=O)OC3=C2C(=O)CCC3)ccc1OC(C)C. The molecule has 0 saturated heterocycles. The van der Waals surface area contributed by atoms with Gasteiger partial charge in [-0.15, -0.1) is 0 Å². The van der Waals surface area contributed by atoms with Crippen LogP contribution in [-0.2, 0) is 14.3 Å². The topological polar surface area (TPSA) is 61.8 Å². The lowest BCUT2D eigenvalue weighted by molar-refractivity contribution is -0.117. The molecule has 3 aliphatic rings. The molecule has 148 valence electrons. The molecular formula is C23H26O5.